The van der Waals surface area contributed by atoms with E-state index in [4.69, 9.17) is 21.7 Å². The molecule has 1 N–H and O–H groups in total. The molecule has 0 aromatic heterocycles. The standard InChI is InChI=1S/C18H16N2O3S/c1-22-15-10-6-7-12(16(15)23-2)11-14-17(21)20(18(24)19-14)13-8-4-3-5-9-13/h3-11H,1-2H3,(H,19,24). The lowest BCUT2D eigenvalue weighted by molar-refractivity contribution is -0.113. The van der Waals surface area contributed by atoms with Crippen LogP contribution in [0.25, 0.3) is 6.08 Å². The third kappa shape index (κ3) is 2.83. The van der Waals surface area contributed by atoms with Gasteiger partial charge in [0.05, 0.1) is 19.9 Å². The number of hydrogen-bond acceptors (Lipinski definition) is 4. The molecular weight excluding hydrogens is 324 g/mol. The second-order valence-electron chi connectivity index (χ2n) is 5.05. The average molecular weight is 340 g/mol. The highest BCUT2D eigenvalue weighted by atomic mass is 32.1. The van der Waals surface area contributed by atoms with Crippen LogP contribution in [0.1, 0.15) is 5.56 Å². The maximum atomic E-state index is 12.7. The number of benzene rings is 2. The minimum Gasteiger partial charge on any atom is -0.493 e. The Balaban J connectivity index is 1.98. The largest absolute Gasteiger partial charge is 0.493 e. The van der Waals surface area contributed by atoms with Gasteiger partial charge in [0.15, 0.2) is 16.6 Å². The fraction of sp³-hybridized carbons (Fsp3) is 0.111. The van der Waals surface area contributed by atoms with Crippen LogP contribution in [0.4, 0.5) is 5.69 Å². The Morgan fingerprint density at radius 3 is 2.46 bits per heavy atom. The maximum Gasteiger partial charge on any atom is 0.281 e. The van der Waals surface area contributed by atoms with Gasteiger partial charge in [-0.15, -0.1) is 0 Å². The predicted octanol–water partition coefficient (Wildman–Crippen LogP) is 2.97. The number of thiocarbonyl (C=S) groups is 1. The third-order valence-corrected chi connectivity index (χ3v) is 3.91. The van der Waals surface area contributed by atoms with Crippen LogP contribution in [0, 0.1) is 0 Å². The molecule has 0 unspecified atom stereocenters. The predicted molar refractivity (Wildman–Crippen MR) is 97.2 cm³/mol. The molecule has 1 saturated heterocycles. The van der Waals surface area contributed by atoms with Crippen LogP contribution < -0.4 is 19.7 Å². The number of nitrogens with zero attached hydrogens (tertiary/aromatic N) is 1. The summed E-state index contributed by atoms with van der Waals surface area (Å²) in [6.07, 6.45) is 1.71. The molecule has 0 bridgehead atoms. The van der Waals surface area contributed by atoms with Gasteiger partial charge in [-0.3, -0.25) is 9.69 Å². The summed E-state index contributed by atoms with van der Waals surface area (Å²) in [7, 11) is 3.13. The van der Waals surface area contributed by atoms with Crippen LogP contribution in [0.5, 0.6) is 11.5 Å². The summed E-state index contributed by atoms with van der Waals surface area (Å²) in [6.45, 7) is 0. The molecule has 5 nitrogen and oxygen atoms in total. The molecule has 2 aromatic rings. The Kier molecular flexibility index (Phi) is 4.48. The molecule has 0 atom stereocenters. The van der Waals surface area contributed by atoms with Crippen molar-refractivity contribution in [1.29, 1.82) is 0 Å². The van der Waals surface area contributed by atoms with E-state index in [1.807, 2.05) is 42.5 Å². The quantitative estimate of drug-likeness (QED) is 0.685. The first-order chi connectivity index (χ1) is 11.7. The Bertz CT molecular complexity index is 818. The normalized spacial score (nSPS) is 15.6. The Labute approximate surface area is 145 Å². The van der Waals surface area contributed by atoms with Gasteiger partial charge in [0, 0.05) is 5.56 Å². The molecule has 122 valence electrons. The van der Waals surface area contributed by atoms with E-state index in [0.717, 1.165) is 11.3 Å². The second-order valence-corrected chi connectivity index (χ2v) is 5.43. The van der Waals surface area contributed by atoms with Crippen molar-refractivity contribution >= 4 is 35.0 Å². The number of rotatable bonds is 4. The molecule has 0 aliphatic carbocycles. The van der Waals surface area contributed by atoms with Gasteiger partial charge >= 0.3 is 0 Å². The summed E-state index contributed by atoms with van der Waals surface area (Å²) in [5.74, 6) is 0.946. The monoisotopic (exact) mass is 340 g/mol. The molecule has 1 fully saturated rings. The van der Waals surface area contributed by atoms with Crippen LogP contribution in [0.3, 0.4) is 0 Å². The summed E-state index contributed by atoms with van der Waals surface area (Å²) in [5, 5.41) is 3.31. The number of nitrogens with one attached hydrogen (secondary N) is 1. The molecule has 1 amide bonds. The number of hydrogen-bond donors (Lipinski definition) is 1. The Morgan fingerprint density at radius 1 is 1.04 bits per heavy atom. The second kappa shape index (κ2) is 6.72. The highest BCUT2D eigenvalue weighted by Gasteiger charge is 2.32. The molecule has 0 radical (unpaired) electrons. The molecule has 6 heteroatoms. The third-order valence-electron chi connectivity index (χ3n) is 3.63. The van der Waals surface area contributed by atoms with Gasteiger partial charge in [0.2, 0.25) is 0 Å². The molecule has 1 aliphatic rings. The number of anilines is 1. The van der Waals surface area contributed by atoms with E-state index >= 15 is 0 Å². The first-order valence-corrected chi connectivity index (χ1v) is 7.69. The molecule has 1 aliphatic heterocycles. The Morgan fingerprint density at radius 2 is 1.79 bits per heavy atom. The Hall–Kier alpha value is -2.86. The minimum atomic E-state index is -0.212. The number of amides is 1. The van der Waals surface area contributed by atoms with E-state index in [0.29, 0.717) is 22.3 Å². The maximum absolute atomic E-state index is 12.7. The fourth-order valence-corrected chi connectivity index (χ4v) is 2.83. The first-order valence-electron chi connectivity index (χ1n) is 7.29. The van der Waals surface area contributed by atoms with E-state index in [9.17, 15) is 4.79 Å². The van der Waals surface area contributed by atoms with Crippen LogP contribution in [0.2, 0.25) is 0 Å². The number of carbonyl (C=O) groups is 1. The van der Waals surface area contributed by atoms with Gasteiger partial charge in [0.25, 0.3) is 5.91 Å². The minimum absolute atomic E-state index is 0.212. The van der Waals surface area contributed by atoms with E-state index < -0.39 is 0 Å². The zero-order valence-corrected chi connectivity index (χ0v) is 14.1. The van der Waals surface area contributed by atoms with Crippen molar-refractivity contribution in [2.45, 2.75) is 0 Å². The lowest BCUT2D eigenvalue weighted by atomic mass is 10.1. The summed E-state index contributed by atoms with van der Waals surface area (Å²) in [6, 6.07) is 14.7. The van der Waals surface area contributed by atoms with Crippen molar-refractivity contribution in [2.24, 2.45) is 0 Å². The van der Waals surface area contributed by atoms with Crippen LogP contribution in [0.15, 0.2) is 54.2 Å². The highest BCUT2D eigenvalue weighted by Crippen LogP contribution is 2.33. The van der Waals surface area contributed by atoms with Crippen molar-refractivity contribution in [3.05, 3.63) is 59.8 Å². The first kappa shape index (κ1) is 16.0. The molecule has 0 saturated carbocycles. The summed E-state index contributed by atoms with van der Waals surface area (Å²) < 4.78 is 10.7. The number of carbonyl (C=O) groups excluding carboxylic acids is 1. The van der Waals surface area contributed by atoms with Crippen LogP contribution in [-0.4, -0.2) is 25.2 Å². The SMILES string of the molecule is COc1cccc(C=C2NC(=S)N(c3ccccc3)C2=O)c1OC. The zero-order valence-electron chi connectivity index (χ0n) is 13.3. The van der Waals surface area contributed by atoms with Crippen LogP contribution >= 0.6 is 12.2 Å². The van der Waals surface area contributed by atoms with E-state index in [1.165, 1.54) is 4.90 Å². The topological polar surface area (TPSA) is 50.8 Å². The van der Waals surface area contributed by atoms with Gasteiger partial charge in [-0.1, -0.05) is 30.3 Å². The van der Waals surface area contributed by atoms with Gasteiger partial charge in [-0.2, -0.15) is 0 Å². The number of ether oxygens (including phenoxy) is 2. The molecule has 3 rings (SSSR count). The van der Waals surface area contributed by atoms with Crippen LogP contribution in [-0.2, 0) is 4.79 Å². The van der Waals surface area contributed by atoms with Crippen molar-refractivity contribution in [3.8, 4) is 11.5 Å². The lowest BCUT2D eigenvalue weighted by Gasteiger charge is -2.13. The molecule has 2 aromatic carbocycles. The summed E-state index contributed by atoms with van der Waals surface area (Å²) in [5.41, 5.74) is 1.84. The summed E-state index contributed by atoms with van der Waals surface area (Å²) in [4.78, 5) is 14.2. The average Bonchev–Trinajstić information content (AvgIpc) is 2.89. The molecule has 24 heavy (non-hydrogen) atoms. The fourth-order valence-electron chi connectivity index (χ4n) is 2.53. The van der Waals surface area contributed by atoms with Gasteiger partial charge in [-0.05, 0) is 36.5 Å². The van der Waals surface area contributed by atoms with Crippen molar-refractivity contribution in [2.75, 3.05) is 19.1 Å². The van der Waals surface area contributed by atoms with Crippen molar-refractivity contribution in [3.63, 3.8) is 0 Å². The summed E-state index contributed by atoms with van der Waals surface area (Å²) >= 11 is 5.30. The van der Waals surface area contributed by atoms with Gasteiger partial charge < -0.3 is 14.8 Å². The van der Waals surface area contributed by atoms with Crippen molar-refractivity contribution < 1.29 is 14.3 Å². The van der Waals surface area contributed by atoms with E-state index in [-0.39, 0.29) is 5.91 Å². The van der Waals surface area contributed by atoms with Gasteiger partial charge in [-0.25, -0.2) is 0 Å². The lowest BCUT2D eigenvalue weighted by Crippen LogP contribution is -2.30. The zero-order chi connectivity index (χ0) is 17.1. The number of methoxy groups -OCH3 is 2. The van der Waals surface area contributed by atoms with E-state index in [2.05, 4.69) is 5.32 Å². The van der Waals surface area contributed by atoms with Gasteiger partial charge in [0.1, 0.15) is 5.70 Å². The molecule has 1 heterocycles. The molecular formula is C18H16N2O3S. The number of para-hydroxylation sites is 2. The highest BCUT2D eigenvalue weighted by molar-refractivity contribution is 7.80. The van der Waals surface area contributed by atoms with Crippen molar-refractivity contribution in [1.82, 2.24) is 5.32 Å². The molecule has 0 spiro atoms. The van der Waals surface area contributed by atoms with E-state index in [1.54, 1.807) is 26.4 Å². The smallest absolute Gasteiger partial charge is 0.281 e.